The zero-order valence-electron chi connectivity index (χ0n) is 8.82. The highest BCUT2D eigenvalue weighted by Gasteiger charge is 2.11. The number of hydrogen-bond acceptors (Lipinski definition) is 2. The first-order valence-corrected chi connectivity index (χ1v) is 5.92. The lowest BCUT2D eigenvalue weighted by molar-refractivity contribution is 0.0797. The molecule has 2 nitrogen and oxygen atoms in total. The number of carbonyl (C=O) groups is 1. The number of hydrogen-bond donors (Lipinski definition) is 0. The Kier molecular flexibility index (Phi) is 4.66. The van der Waals surface area contributed by atoms with Crippen LogP contribution in [0.4, 0.5) is 0 Å². The molecule has 0 aliphatic heterocycles. The van der Waals surface area contributed by atoms with Gasteiger partial charge < -0.3 is 4.90 Å². The van der Waals surface area contributed by atoms with E-state index in [1.807, 2.05) is 29.5 Å². The van der Waals surface area contributed by atoms with Gasteiger partial charge in [-0.05, 0) is 17.9 Å². The van der Waals surface area contributed by atoms with Crippen LogP contribution in [0.25, 0.3) is 0 Å². The fraction of sp³-hybridized carbons (Fsp3) is 0.545. The van der Waals surface area contributed by atoms with Crippen molar-refractivity contribution in [2.24, 2.45) is 0 Å². The highest BCUT2D eigenvalue weighted by atomic mass is 32.1. The lowest BCUT2D eigenvalue weighted by Crippen LogP contribution is -2.26. The molecule has 0 spiro atoms. The van der Waals surface area contributed by atoms with Gasteiger partial charge in [-0.3, -0.25) is 4.79 Å². The second kappa shape index (κ2) is 5.81. The van der Waals surface area contributed by atoms with Crippen LogP contribution < -0.4 is 0 Å². The van der Waals surface area contributed by atoms with Crippen molar-refractivity contribution in [1.82, 2.24) is 4.90 Å². The van der Waals surface area contributed by atoms with Gasteiger partial charge in [0.2, 0.25) is 0 Å². The number of unbranched alkanes of at least 4 members (excludes halogenated alkanes) is 2. The monoisotopic (exact) mass is 211 g/mol. The van der Waals surface area contributed by atoms with Crippen LogP contribution in [0.5, 0.6) is 0 Å². The Morgan fingerprint density at radius 3 is 2.86 bits per heavy atom. The quantitative estimate of drug-likeness (QED) is 0.686. The van der Waals surface area contributed by atoms with Gasteiger partial charge in [0.05, 0.1) is 4.88 Å². The Hall–Kier alpha value is -0.830. The van der Waals surface area contributed by atoms with Gasteiger partial charge in [0.1, 0.15) is 0 Å². The van der Waals surface area contributed by atoms with Gasteiger partial charge in [0.15, 0.2) is 0 Å². The molecule has 0 aromatic carbocycles. The summed E-state index contributed by atoms with van der Waals surface area (Å²) in [4.78, 5) is 14.4. The number of rotatable bonds is 5. The summed E-state index contributed by atoms with van der Waals surface area (Å²) in [5.41, 5.74) is 0. The molecule has 1 amide bonds. The molecule has 0 aliphatic rings. The zero-order chi connectivity index (χ0) is 10.4. The number of thiophene rings is 1. The SMILES string of the molecule is CCCCCN(C)C(=O)c1cccs1. The summed E-state index contributed by atoms with van der Waals surface area (Å²) in [6, 6.07) is 3.79. The molecule has 3 heteroatoms. The molecule has 0 saturated carbocycles. The maximum Gasteiger partial charge on any atom is 0.263 e. The molecule has 1 rings (SSSR count). The second-order valence-corrected chi connectivity index (χ2v) is 4.36. The first-order valence-electron chi connectivity index (χ1n) is 5.04. The average molecular weight is 211 g/mol. The summed E-state index contributed by atoms with van der Waals surface area (Å²) in [5, 5.41) is 1.94. The van der Waals surface area contributed by atoms with E-state index in [-0.39, 0.29) is 5.91 Å². The van der Waals surface area contributed by atoms with Crippen molar-refractivity contribution in [3.8, 4) is 0 Å². The van der Waals surface area contributed by atoms with Crippen molar-refractivity contribution in [1.29, 1.82) is 0 Å². The lowest BCUT2D eigenvalue weighted by Gasteiger charge is -2.15. The van der Waals surface area contributed by atoms with E-state index in [9.17, 15) is 4.79 Å². The molecule has 14 heavy (non-hydrogen) atoms. The van der Waals surface area contributed by atoms with E-state index < -0.39 is 0 Å². The summed E-state index contributed by atoms with van der Waals surface area (Å²) in [5.74, 6) is 0.149. The molecule has 1 heterocycles. The van der Waals surface area contributed by atoms with E-state index in [1.165, 1.54) is 24.2 Å². The van der Waals surface area contributed by atoms with Crippen LogP contribution in [-0.2, 0) is 0 Å². The molecule has 78 valence electrons. The van der Waals surface area contributed by atoms with Crippen molar-refractivity contribution in [3.05, 3.63) is 22.4 Å². The van der Waals surface area contributed by atoms with E-state index >= 15 is 0 Å². The van der Waals surface area contributed by atoms with E-state index in [0.717, 1.165) is 17.8 Å². The third-order valence-corrected chi connectivity index (χ3v) is 3.03. The molecule has 0 unspecified atom stereocenters. The molecular formula is C11H17NOS. The minimum Gasteiger partial charge on any atom is -0.341 e. The maximum absolute atomic E-state index is 11.7. The van der Waals surface area contributed by atoms with Crippen LogP contribution in [0.2, 0.25) is 0 Å². The van der Waals surface area contributed by atoms with E-state index in [2.05, 4.69) is 6.92 Å². The molecule has 0 bridgehead atoms. The third-order valence-electron chi connectivity index (χ3n) is 2.18. The molecule has 0 aliphatic carbocycles. The highest BCUT2D eigenvalue weighted by Crippen LogP contribution is 2.11. The minimum absolute atomic E-state index is 0.149. The highest BCUT2D eigenvalue weighted by molar-refractivity contribution is 7.12. The molecule has 0 saturated heterocycles. The van der Waals surface area contributed by atoms with Crippen LogP contribution in [0.3, 0.4) is 0 Å². The van der Waals surface area contributed by atoms with Crippen molar-refractivity contribution in [2.45, 2.75) is 26.2 Å². The topological polar surface area (TPSA) is 20.3 Å². The predicted octanol–water partition coefficient (Wildman–Crippen LogP) is 3.01. The van der Waals surface area contributed by atoms with Gasteiger partial charge in [0.25, 0.3) is 5.91 Å². The Morgan fingerprint density at radius 2 is 2.29 bits per heavy atom. The zero-order valence-corrected chi connectivity index (χ0v) is 9.64. The largest absolute Gasteiger partial charge is 0.341 e. The average Bonchev–Trinajstić information content (AvgIpc) is 2.69. The van der Waals surface area contributed by atoms with Crippen LogP contribution in [0, 0.1) is 0 Å². The smallest absolute Gasteiger partial charge is 0.263 e. The summed E-state index contributed by atoms with van der Waals surface area (Å²) in [6.07, 6.45) is 3.49. The van der Waals surface area contributed by atoms with E-state index in [0.29, 0.717) is 0 Å². The normalized spacial score (nSPS) is 10.1. The summed E-state index contributed by atoms with van der Waals surface area (Å²) < 4.78 is 0. The fourth-order valence-corrected chi connectivity index (χ4v) is 2.01. The summed E-state index contributed by atoms with van der Waals surface area (Å²) in [6.45, 7) is 3.03. The van der Waals surface area contributed by atoms with Gasteiger partial charge in [-0.1, -0.05) is 25.8 Å². The molecule has 0 radical (unpaired) electrons. The molecule has 0 atom stereocenters. The lowest BCUT2D eigenvalue weighted by atomic mass is 10.2. The first kappa shape index (κ1) is 11.2. The maximum atomic E-state index is 11.7. The van der Waals surface area contributed by atoms with Crippen LogP contribution in [0.1, 0.15) is 35.9 Å². The van der Waals surface area contributed by atoms with Crippen LogP contribution >= 0.6 is 11.3 Å². The molecule has 1 aromatic rings. The second-order valence-electron chi connectivity index (χ2n) is 3.41. The number of nitrogens with zero attached hydrogens (tertiary/aromatic N) is 1. The summed E-state index contributed by atoms with van der Waals surface area (Å²) >= 11 is 1.51. The Bertz CT molecular complexity index is 269. The van der Waals surface area contributed by atoms with Crippen molar-refractivity contribution in [3.63, 3.8) is 0 Å². The van der Waals surface area contributed by atoms with Gasteiger partial charge in [-0.15, -0.1) is 11.3 Å². The van der Waals surface area contributed by atoms with Gasteiger partial charge >= 0.3 is 0 Å². The van der Waals surface area contributed by atoms with Gasteiger partial charge in [-0.25, -0.2) is 0 Å². The minimum atomic E-state index is 0.149. The van der Waals surface area contributed by atoms with Crippen LogP contribution in [0.15, 0.2) is 17.5 Å². The van der Waals surface area contributed by atoms with Gasteiger partial charge in [0, 0.05) is 13.6 Å². The number of carbonyl (C=O) groups excluding carboxylic acids is 1. The van der Waals surface area contributed by atoms with Crippen molar-refractivity contribution < 1.29 is 4.79 Å². The van der Waals surface area contributed by atoms with Crippen molar-refractivity contribution in [2.75, 3.05) is 13.6 Å². The summed E-state index contributed by atoms with van der Waals surface area (Å²) in [7, 11) is 1.87. The Balaban J connectivity index is 2.37. The Morgan fingerprint density at radius 1 is 1.50 bits per heavy atom. The van der Waals surface area contributed by atoms with Crippen molar-refractivity contribution >= 4 is 17.2 Å². The molecule has 0 fully saturated rings. The molecule has 0 N–H and O–H groups in total. The van der Waals surface area contributed by atoms with E-state index in [4.69, 9.17) is 0 Å². The third kappa shape index (κ3) is 3.14. The van der Waals surface area contributed by atoms with E-state index in [1.54, 1.807) is 0 Å². The standard InChI is InChI=1S/C11H17NOS/c1-3-4-5-8-12(2)11(13)10-7-6-9-14-10/h6-7,9H,3-5,8H2,1-2H3. The van der Waals surface area contributed by atoms with Gasteiger partial charge in [-0.2, -0.15) is 0 Å². The Labute approximate surface area is 89.5 Å². The molecule has 1 aromatic heterocycles. The fourth-order valence-electron chi connectivity index (χ4n) is 1.29. The first-order chi connectivity index (χ1) is 6.75. The molecular weight excluding hydrogens is 194 g/mol. The number of amides is 1. The predicted molar refractivity (Wildman–Crippen MR) is 60.8 cm³/mol. The van der Waals surface area contributed by atoms with Crippen LogP contribution in [-0.4, -0.2) is 24.4 Å².